The van der Waals surface area contributed by atoms with Crippen molar-refractivity contribution in [3.63, 3.8) is 0 Å². The molecule has 7 heteroatoms. The number of ether oxygens (including phenoxy) is 1. The highest BCUT2D eigenvalue weighted by Crippen LogP contribution is 2.27. The summed E-state index contributed by atoms with van der Waals surface area (Å²) < 4.78 is 5.15. The highest BCUT2D eigenvalue weighted by atomic mass is 35.5. The van der Waals surface area contributed by atoms with Gasteiger partial charge in [-0.3, -0.25) is 9.59 Å². The molecule has 0 saturated heterocycles. The van der Waals surface area contributed by atoms with Crippen LogP contribution in [0.15, 0.2) is 18.2 Å². The lowest BCUT2D eigenvalue weighted by molar-refractivity contribution is -0.121. The quantitative estimate of drug-likeness (QED) is 0.604. The predicted octanol–water partition coefficient (Wildman–Crippen LogP) is 1.79. The van der Waals surface area contributed by atoms with Gasteiger partial charge in [0, 0.05) is 24.4 Å². The van der Waals surface area contributed by atoms with Crippen LogP contribution < -0.4 is 20.7 Å². The molecule has 1 aromatic rings. The van der Waals surface area contributed by atoms with E-state index in [0.717, 1.165) is 13.0 Å². The number of carbonyl (C=O) groups excluding carboxylic acids is 2. The van der Waals surface area contributed by atoms with Crippen LogP contribution in [0.3, 0.4) is 0 Å². The maximum atomic E-state index is 11.9. The number of hydrogen-bond donors (Lipinski definition) is 3. The van der Waals surface area contributed by atoms with Gasteiger partial charge in [-0.2, -0.15) is 0 Å². The lowest BCUT2D eigenvalue weighted by atomic mass is 10.2. The molecule has 0 radical (unpaired) electrons. The maximum Gasteiger partial charge on any atom is 0.226 e. The molecule has 0 heterocycles. The van der Waals surface area contributed by atoms with Crippen molar-refractivity contribution in [2.45, 2.75) is 19.3 Å². The smallest absolute Gasteiger partial charge is 0.226 e. The first-order valence-electron chi connectivity index (χ1n) is 7.11. The van der Waals surface area contributed by atoms with Crippen LogP contribution in [0, 0.1) is 0 Å². The highest BCUT2D eigenvalue weighted by Gasteiger charge is 2.09. The van der Waals surface area contributed by atoms with E-state index in [1.165, 1.54) is 7.11 Å². The van der Waals surface area contributed by atoms with Gasteiger partial charge < -0.3 is 20.7 Å². The Bertz CT molecular complexity index is 509. The van der Waals surface area contributed by atoms with Crippen molar-refractivity contribution in [3.8, 4) is 5.75 Å². The highest BCUT2D eigenvalue weighted by molar-refractivity contribution is 6.31. The van der Waals surface area contributed by atoms with Crippen LogP contribution in [0.2, 0.25) is 5.02 Å². The molecule has 3 N–H and O–H groups in total. The zero-order chi connectivity index (χ0) is 16.4. The third-order valence-electron chi connectivity index (χ3n) is 2.94. The van der Waals surface area contributed by atoms with E-state index in [1.54, 1.807) is 18.2 Å². The van der Waals surface area contributed by atoms with E-state index in [-0.39, 0.29) is 18.2 Å². The third kappa shape index (κ3) is 6.78. The summed E-state index contributed by atoms with van der Waals surface area (Å²) in [4.78, 5) is 23.4. The Morgan fingerprint density at radius 3 is 2.64 bits per heavy atom. The van der Waals surface area contributed by atoms with Crippen LogP contribution in [0.5, 0.6) is 5.75 Å². The molecule has 122 valence electrons. The van der Waals surface area contributed by atoms with Crippen LogP contribution in [-0.4, -0.2) is 39.1 Å². The molecule has 0 aliphatic heterocycles. The number of amides is 2. The van der Waals surface area contributed by atoms with Crippen LogP contribution in [0.4, 0.5) is 5.69 Å². The minimum Gasteiger partial charge on any atom is -0.495 e. The Hall–Kier alpha value is -1.79. The van der Waals surface area contributed by atoms with Gasteiger partial charge in [0.1, 0.15) is 5.75 Å². The van der Waals surface area contributed by atoms with E-state index in [9.17, 15) is 9.59 Å². The fourth-order valence-corrected chi connectivity index (χ4v) is 1.99. The number of benzene rings is 1. The van der Waals surface area contributed by atoms with Gasteiger partial charge in [0.05, 0.1) is 12.8 Å². The molecule has 1 aromatic carbocycles. The second-order valence-electron chi connectivity index (χ2n) is 4.70. The van der Waals surface area contributed by atoms with Crippen molar-refractivity contribution in [2.24, 2.45) is 0 Å². The summed E-state index contributed by atoms with van der Waals surface area (Å²) in [6.07, 6.45) is 1.41. The summed E-state index contributed by atoms with van der Waals surface area (Å²) in [6.45, 7) is 1.09. The van der Waals surface area contributed by atoms with E-state index in [0.29, 0.717) is 29.4 Å². The van der Waals surface area contributed by atoms with Gasteiger partial charge in [-0.05, 0) is 38.2 Å². The number of hydrogen-bond acceptors (Lipinski definition) is 4. The maximum absolute atomic E-state index is 11.9. The summed E-state index contributed by atoms with van der Waals surface area (Å²) in [5.41, 5.74) is 0.514. The second kappa shape index (κ2) is 10.0. The molecule has 0 bridgehead atoms. The largest absolute Gasteiger partial charge is 0.495 e. The molecule has 1 rings (SSSR count). The van der Waals surface area contributed by atoms with Gasteiger partial charge in [0.2, 0.25) is 11.8 Å². The lowest BCUT2D eigenvalue weighted by Gasteiger charge is -2.11. The first-order chi connectivity index (χ1) is 10.6. The first kappa shape index (κ1) is 18.3. The van der Waals surface area contributed by atoms with Crippen molar-refractivity contribution < 1.29 is 14.3 Å². The fraction of sp³-hybridized carbons (Fsp3) is 0.467. The number of nitrogens with one attached hydrogen (secondary N) is 3. The summed E-state index contributed by atoms with van der Waals surface area (Å²) >= 11 is 5.89. The first-order valence-corrected chi connectivity index (χ1v) is 7.49. The van der Waals surface area contributed by atoms with E-state index in [2.05, 4.69) is 16.0 Å². The molecule has 0 unspecified atom stereocenters. The molecule has 0 aliphatic carbocycles. The molecule has 2 amide bonds. The number of carbonyl (C=O) groups is 2. The molecule has 0 fully saturated rings. The average Bonchev–Trinajstić information content (AvgIpc) is 2.48. The van der Waals surface area contributed by atoms with E-state index < -0.39 is 0 Å². The van der Waals surface area contributed by atoms with E-state index in [1.807, 2.05) is 7.05 Å². The van der Waals surface area contributed by atoms with Crippen molar-refractivity contribution in [3.05, 3.63) is 23.2 Å². The van der Waals surface area contributed by atoms with E-state index in [4.69, 9.17) is 16.3 Å². The standard InChI is InChI=1S/C15H22ClN3O3/c1-17-8-3-4-14(20)18-9-7-15(21)19-12-10-11(16)5-6-13(12)22-2/h5-6,10,17H,3-4,7-9H2,1-2H3,(H,18,20)(H,19,21). The van der Waals surface area contributed by atoms with Crippen molar-refractivity contribution in [2.75, 3.05) is 32.6 Å². The lowest BCUT2D eigenvalue weighted by Crippen LogP contribution is -2.28. The Morgan fingerprint density at radius 1 is 1.18 bits per heavy atom. The summed E-state index contributed by atoms with van der Waals surface area (Å²) in [6, 6.07) is 4.98. The summed E-state index contributed by atoms with van der Waals surface area (Å²) in [5, 5.41) is 8.91. The van der Waals surface area contributed by atoms with Crippen LogP contribution in [0.25, 0.3) is 0 Å². The Kier molecular flexibility index (Phi) is 8.32. The van der Waals surface area contributed by atoms with Gasteiger partial charge in [-0.15, -0.1) is 0 Å². The predicted molar refractivity (Wildman–Crippen MR) is 87.4 cm³/mol. The van der Waals surface area contributed by atoms with Crippen LogP contribution in [0.1, 0.15) is 19.3 Å². The fourth-order valence-electron chi connectivity index (χ4n) is 1.82. The van der Waals surface area contributed by atoms with Gasteiger partial charge in [0.25, 0.3) is 0 Å². The van der Waals surface area contributed by atoms with Crippen molar-refractivity contribution >= 4 is 29.1 Å². The second-order valence-corrected chi connectivity index (χ2v) is 5.14. The zero-order valence-electron chi connectivity index (χ0n) is 12.9. The zero-order valence-corrected chi connectivity index (χ0v) is 13.6. The summed E-state index contributed by atoms with van der Waals surface area (Å²) in [5.74, 6) is 0.272. The van der Waals surface area contributed by atoms with Crippen molar-refractivity contribution in [1.82, 2.24) is 10.6 Å². The Labute approximate surface area is 135 Å². The molecule has 22 heavy (non-hydrogen) atoms. The molecule has 6 nitrogen and oxygen atoms in total. The minimum atomic E-state index is -0.212. The number of halogens is 1. The molecule has 0 spiro atoms. The Morgan fingerprint density at radius 2 is 1.95 bits per heavy atom. The molecule has 0 aliphatic rings. The molecular formula is C15H22ClN3O3. The monoisotopic (exact) mass is 327 g/mol. The van der Waals surface area contributed by atoms with Gasteiger partial charge in [-0.1, -0.05) is 11.6 Å². The van der Waals surface area contributed by atoms with Crippen LogP contribution in [-0.2, 0) is 9.59 Å². The third-order valence-corrected chi connectivity index (χ3v) is 3.18. The van der Waals surface area contributed by atoms with Gasteiger partial charge in [-0.25, -0.2) is 0 Å². The normalized spacial score (nSPS) is 10.1. The summed E-state index contributed by atoms with van der Waals surface area (Å²) in [7, 11) is 3.36. The average molecular weight is 328 g/mol. The van der Waals surface area contributed by atoms with Crippen LogP contribution >= 0.6 is 11.6 Å². The van der Waals surface area contributed by atoms with E-state index >= 15 is 0 Å². The van der Waals surface area contributed by atoms with Crippen molar-refractivity contribution in [1.29, 1.82) is 0 Å². The molecule has 0 atom stereocenters. The number of anilines is 1. The number of methoxy groups -OCH3 is 1. The van der Waals surface area contributed by atoms with Gasteiger partial charge >= 0.3 is 0 Å². The van der Waals surface area contributed by atoms with Gasteiger partial charge in [0.15, 0.2) is 0 Å². The topological polar surface area (TPSA) is 79.5 Å². The minimum absolute atomic E-state index is 0.0524. The molecule has 0 saturated carbocycles. The Balaban J connectivity index is 2.35. The molecule has 0 aromatic heterocycles. The molecular weight excluding hydrogens is 306 g/mol. The SMILES string of the molecule is CNCCCC(=O)NCCC(=O)Nc1cc(Cl)ccc1OC. The number of rotatable bonds is 9.